The van der Waals surface area contributed by atoms with Gasteiger partial charge < -0.3 is 4.90 Å². The van der Waals surface area contributed by atoms with Crippen molar-refractivity contribution in [2.75, 3.05) is 20.1 Å². The summed E-state index contributed by atoms with van der Waals surface area (Å²) in [6, 6.07) is 6.38. The fourth-order valence-electron chi connectivity index (χ4n) is 2.97. The molecule has 0 spiro atoms. The summed E-state index contributed by atoms with van der Waals surface area (Å²) < 4.78 is 2.42. The Kier molecular flexibility index (Phi) is 3.92. The van der Waals surface area contributed by atoms with E-state index in [0.29, 0.717) is 0 Å². The molecule has 2 unspecified atom stereocenters. The quantitative estimate of drug-likeness (QED) is 0.816. The van der Waals surface area contributed by atoms with Crippen molar-refractivity contribution in [2.45, 2.75) is 19.8 Å². The Morgan fingerprint density at radius 2 is 2.32 bits per heavy atom. The van der Waals surface area contributed by atoms with Crippen LogP contribution in [0.5, 0.6) is 0 Å². The predicted octanol–water partition coefficient (Wildman–Crippen LogP) is 4.19. The topological polar surface area (TPSA) is 16.1 Å². The second kappa shape index (κ2) is 5.51. The standard InChI is InChI=1S/C15H19BrN2S/c1-10-9-18(2)6-5-11(10)7-15-17-13-8-12(16)3-4-14(13)19-15/h3-4,8,10-11H,5-7,9H2,1-2H3. The summed E-state index contributed by atoms with van der Waals surface area (Å²) >= 11 is 5.37. The molecule has 0 N–H and O–H groups in total. The lowest BCUT2D eigenvalue weighted by Crippen LogP contribution is -2.37. The van der Waals surface area contributed by atoms with Gasteiger partial charge in [0, 0.05) is 17.4 Å². The monoisotopic (exact) mass is 338 g/mol. The molecule has 102 valence electrons. The number of halogens is 1. The van der Waals surface area contributed by atoms with Crippen LogP contribution >= 0.6 is 27.3 Å². The number of likely N-dealkylation sites (tertiary alicyclic amines) is 1. The SMILES string of the molecule is CC1CN(C)CCC1Cc1nc2cc(Br)ccc2s1. The van der Waals surface area contributed by atoms with E-state index in [-0.39, 0.29) is 0 Å². The third-order valence-corrected chi connectivity index (χ3v) is 5.67. The van der Waals surface area contributed by atoms with E-state index in [1.54, 1.807) is 0 Å². The maximum absolute atomic E-state index is 4.80. The number of benzene rings is 1. The number of nitrogens with zero attached hydrogens (tertiary/aromatic N) is 2. The lowest BCUT2D eigenvalue weighted by molar-refractivity contribution is 0.154. The van der Waals surface area contributed by atoms with Gasteiger partial charge in [-0.3, -0.25) is 0 Å². The summed E-state index contributed by atoms with van der Waals surface area (Å²) in [4.78, 5) is 7.24. The minimum absolute atomic E-state index is 0.775. The molecule has 1 aromatic heterocycles. The fourth-order valence-corrected chi connectivity index (χ4v) is 4.36. The molecule has 1 aliphatic rings. The fraction of sp³-hybridized carbons (Fsp3) is 0.533. The van der Waals surface area contributed by atoms with E-state index in [4.69, 9.17) is 4.98 Å². The summed E-state index contributed by atoms with van der Waals surface area (Å²) in [6.07, 6.45) is 2.45. The van der Waals surface area contributed by atoms with Gasteiger partial charge in [-0.05, 0) is 50.0 Å². The number of piperidine rings is 1. The molecule has 2 heterocycles. The van der Waals surface area contributed by atoms with E-state index in [1.807, 2.05) is 11.3 Å². The molecule has 0 aliphatic carbocycles. The molecule has 1 aliphatic heterocycles. The number of hydrogen-bond donors (Lipinski definition) is 0. The maximum atomic E-state index is 4.80. The molecule has 2 nitrogen and oxygen atoms in total. The molecule has 0 saturated carbocycles. The second-order valence-corrected chi connectivity index (χ2v) is 7.74. The van der Waals surface area contributed by atoms with E-state index in [1.165, 1.54) is 29.2 Å². The smallest absolute Gasteiger partial charge is 0.0941 e. The molecule has 3 rings (SSSR count). The van der Waals surface area contributed by atoms with Crippen LogP contribution < -0.4 is 0 Å². The first-order chi connectivity index (χ1) is 9.11. The third kappa shape index (κ3) is 3.01. The molecule has 4 heteroatoms. The van der Waals surface area contributed by atoms with Crippen molar-refractivity contribution in [3.8, 4) is 0 Å². The molecule has 1 aromatic carbocycles. The highest BCUT2D eigenvalue weighted by molar-refractivity contribution is 9.10. The van der Waals surface area contributed by atoms with Crippen molar-refractivity contribution in [3.05, 3.63) is 27.7 Å². The van der Waals surface area contributed by atoms with Gasteiger partial charge in [0.2, 0.25) is 0 Å². The summed E-state index contributed by atoms with van der Waals surface area (Å²) in [6.45, 7) is 4.83. The van der Waals surface area contributed by atoms with Crippen LogP contribution in [-0.4, -0.2) is 30.0 Å². The molecule has 1 fully saturated rings. The van der Waals surface area contributed by atoms with Crippen LogP contribution in [-0.2, 0) is 6.42 Å². The van der Waals surface area contributed by atoms with Gasteiger partial charge in [0.05, 0.1) is 15.2 Å². The molecule has 2 aromatic rings. The van der Waals surface area contributed by atoms with Crippen molar-refractivity contribution in [1.82, 2.24) is 9.88 Å². The number of hydrogen-bond acceptors (Lipinski definition) is 3. The number of fused-ring (bicyclic) bond motifs is 1. The van der Waals surface area contributed by atoms with E-state index >= 15 is 0 Å². The van der Waals surface area contributed by atoms with E-state index in [9.17, 15) is 0 Å². The van der Waals surface area contributed by atoms with E-state index < -0.39 is 0 Å². The van der Waals surface area contributed by atoms with Crippen LogP contribution in [0.25, 0.3) is 10.2 Å². The molecular weight excluding hydrogens is 320 g/mol. The minimum Gasteiger partial charge on any atom is -0.306 e. The van der Waals surface area contributed by atoms with Crippen LogP contribution in [0.3, 0.4) is 0 Å². The Morgan fingerprint density at radius 3 is 3.11 bits per heavy atom. The van der Waals surface area contributed by atoms with Crippen LogP contribution in [0.4, 0.5) is 0 Å². The van der Waals surface area contributed by atoms with Gasteiger partial charge in [-0.1, -0.05) is 22.9 Å². The zero-order chi connectivity index (χ0) is 13.4. The number of rotatable bonds is 2. The molecule has 0 radical (unpaired) electrons. The first kappa shape index (κ1) is 13.5. The molecule has 0 amide bonds. The normalized spacial score (nSPS) is 25.0. The van der Waals surface area contributed by atoms with Crippen LogP contribution in [0.2, 0.25) is 0 Å². The zero-order valence-corrected chi connectivity index (χ0v) is 13.8. The highest BCUT2D eigenvalue weighted by atomic mass is 79.9. The van der Waals surface area contributed by atoms with Gasteiger partial charge in [0.25, 0.3) is 0 Å². The van der Waals surface area contributed by atoms with Crippen LogP contribution in [0.1, 0.15) is 18.4 Å². The molecule has 1 saturated heterocycles. The minimum atomic E-state index is 0.775. The Morgan fingerprint density at radius 1 is 1.47 bits per heavy atom. The molecule has 2 atom stereocenters. The molecule has 19 heavy (non-hydrogen) atoms. The lowest BCUT2D eigenvalue weighted by Gasteiger charge is -2.34. The summed E-state index contributed by atoms with van der Waals surface area (Å²) in [5, 5.41) is 1.30. The second-order valence-electron chi connectivity index (χ2n) is 5.71. The highest BCUT2D eigenvalue weighted by Crippen LogP contribution is 2.31. The van der Waals surface area contributed by atoms with Gasteiger partial charge in [-0.2, -0.15) is 0 Å². The molecular formula is C15H19BrN2S. The third-order valence-electron chi connectivity index (χ3n) is 4.12. The summed E-state index contributed by atoms with van der Waals surface area (Å²) in [5.41, 5.74) is 1.13. The van der Waals surface area contributed by atoms with Gasteiger partial charge in [-0.15, -0.1) is 11.3 Å². The van der Waals surface area contributed by atoms with Crippen molar-refractivity contribution in [1.29, 1.82) is 0 Å². The van der Waals surface area contributed by atoms with E-state index in [2.05, 4.69) is 53.0 Å². The van der Waals surface area contributed by atoms with Crippen molar-refractivity contribution in [2.24, 2.45) is 11.8 Å². The Balaban J connectivity index is 1.77. The van der Waals surface area contributed by atoms with E-state index in [0.717, 1.165) is 28.2 Å². The first-order valence-corrected chi connectivity index (χ1v) is 8.46. The Labute approximate surface area is 127 Å². The largest absolute Gasteiger partial charge is 0.306 e. The summed E-state index contributed by atoms with van der Waals surface area (Å²) in [7, 11) is 2.22. The van der Waals surface area contributed by atoms with Gasteiger partial charge in [0.1, 0.15) is 0 Å². The maximum Gasteiger partial charge on any atom is 0.0941 e. The van der Waals surface area contributed by atoms with Crippen molar-refractivity contribution in [3.63, 3.8) is 0 Å². The zero-order valence-electron chi connectivity index (χ0n) is 11.4. The highest BCUT2D eigenvalue weighted by Gasteiger charge is 2.25. The number of aromatic nitrogens is 1. The molecule has 0 bridgehead atoms. The predicted molar refractivity (Wildman–Crippen MR) is 85.8 cm³/mol. The van der Waals surface area contributed by atoms with Crippen molar-refractivity contribution >= 4 is 37.5 Å². The van der Waals surface area contributed by atoms with Gasteiger partial charge in [0.15, 0.2) is 0 Å². The Hall–Kier alpha value is -0.450. The average molecular weight is 339 g/mol. The lowest BCUT2D eigenvalue weighted by atomic mass is 9.85. The average Bonchev–Trinajstić information content (AvgIpc) is 2.74. The summed E-state index contributed by atoms with van der Waals surface area (Å²) in [5.74, 6) is 1.57. The van der Waals surface area contributed by atoms with Crippen molar-refractivity contribution < 1.29 is 0 Å². The van der Waals surface area contributed by atoms with Crippen LogP contribution in [0, 0.1) is 11.8 Å². The van der Waals surface area contributed by atoms with Gasteiger partial charge >= 0.3 is 0 Å². The Bertz CT molecular complexity index is 581. The number of thiazole rings is 1. The van der Waals surface area contributed by atoms with Gasteiger partial charge in [-0.25, -0.2) is 4.98 Å². The first-order valence-electron chi connectivity index (χ1n) is 6.85. The van der Waals surface area contributed by atoms with Crippen LogP contribution in [0.15, 0.2) is 22.7 Å².